The minimum atomic E-state index is -4.45. The van der Waals surface area contributed by atoms with Crippen LogP contribution in [0.1, 0.15) is 27.3 Å². The Bertz CT molecular complexity index is 982. The number of halogens is 3. The van der Waals surface area contributed by atoms with Crippen molar-refractivity contribution in [3.63, 3.8) is 0 Å². The predicted octanol–water partition coefficient (Wildman–Crippen LogP) is 4.37. The van der Waals surface area contributed by atoms with E-state index in [1.165, 1.54) is 50.3 Å². The molecular weight excluding hydrogens is 363 g/mol. The zero-order valence-electron chi connectivity index (χ0n) is 14.4. The molecule has 0 fully saturated rings. The van der Waals surface area contributed by atoms with Gasteiger partial charge in [0.1, 0.15) is 18.2 Å². The van der Waals surface area contributed by atoms with E-state index >= 15 is 0 Å². The summed E-state index contributed by atoms with van der Waals surface area (Å²) in [6.07, 6.45) is -3.28. The van der Waals surface area contributed by atoms with Crippen LogP contribution in [-0.2, 0) is 6.54 Å². The quantitative estimate of drug-likeness (QED) is 0.254. The number of benzene rings is 1. The molecule has 0 atom stereocenters. The highest BCUT2D eigenvalue weighted by molar-refractivity contribution is 6.14. The summed E-state index contributed by atoms with van der Waals surface area (Å²) >= 11 is 0. The third-order valence-electron chi connectivity index (χ3n) is 3.91. The molecule has 2 aromatic rings. The fourth-order valence-electron chi connectivity index (χ4n) is 2.64. The lowest BCUT2D eigenvalue weighted by Gasteiger charge is -2.12. The Morgan fingerprint density at radius 2 is 2.00 bits per heavy atom. The number of nitro benzene ring substituents is 1. The number of nitriles is 1. The van der Waals surface area contributed by atoms with Gasteiger partial charge in [-0.1, -0.05) is 12.1 Å². The van der Waals surface area contributed by atoms with Crippen molar-refractivity contribution in [2.45, 2.75) is 26.6 Å². The second kappa shape index (κ2) is 7.45. The van der Waals surface area contributed by atoms with E-state index in [0.717, 1.165) is 4.57 Å². The number of aryl methyl sites for hydroxylation is 1. The lowest BCUT2D eigenvalue weighted by atomic mass is 10.0. The molecule has 6 nitrogen and oxygen atoms in total. The maximum absolute atomic E-state index is 12.7. The minimum absolute atomic E-state index is 0.0185. The van der Waals surface area contributed by atoms with Crippen molar-refractivity contribution in [2.24, 2.45) is 0 Å². The highest BCUT2D eigenvalue weighted by Crippen LogP contribution is 2.25. The second-order valence-corrected chi connectivity index (χ2v) is 5.84. The van der Waals surface area contributed by atoms with Gasteiger partial charge in [0.25, 0.3) is 5.69 Å². The van der Waals surface area contributed by atoms with E-state index in [-0.39, 0.29) is 33.8 Å². The number of aromatic nitrogens is 1. The molecule has 0 radical (unpaired) electrons. The lowest BCUT2D eigenvalue weighted by Crippen LogP contribution is -2.19. The van der Waals surface area contributed by atoms with Gasteiger partial charge in [0.2, 0.25) is 5.78 Å². The zero-order chi connectivity index (χ0) is 20.4. The number of hydrogen-bond donors (Lipinski definition) is 0. The molecular formula is C18H14F3N3O3. The second-order valence-electron chi connectivity index (χ2n) is 5.84. The van der Waals surface area contributed by atoms with E-state index in [9.17, 15) is 33.3 Å². The molecule has 27 heavy (non-hydrogen) atoms. The van der Waals surface area contributed by atoms with Crippen molar-refractivity contribution in [3.05, 3.63) is 68.5 Å². The first-order valence-electron chi connectivity index (χ1n) is 7.68. The zero-order valence-corrected chi connectivity index (χ0v) is 14.4. The molecule has 0 aliphatic rings. The number of hydrogen-bond acceptors (Lipinski definition) is 4. The fourth-order valence-corrected chi connectivity index (χ4v) is 2.64. The molecule has 0 N–H and O–H groups in total. The van der Waals surface area contributed by atoms with Gasteiger partial charge in [-0.15, -0.1) is 0 Å². The van der Waals surface area contributed by atoms with Gasteiger partial charge in [-0.3, -0.25) is 14.9 Å². The van der Waals surface area contributed by atoms with Crippen molar-refractivity contribution in [2.75, 3.05) is 0 Å². The first-order valence-corrected chi connectivity index (χ1v) is 7.68. The Labute approximate surface area is 152 Å². The van der Waals surface area contributed by atoms with Crippen LogP contribution < -0.4 is 0 Å². The van der Waals surface area contributed by atoms with Crippen molar-refractivity contribution in [1.29, 1.82) is 5.26 Å². The Kier molecular flexibility index (Phi) is 5.49. The third kappa shape index (κ3) is 4.61. The van der Waals surface area contributed by atoms with Gasteiger partial charge < -0.3 is 4.57 Å². The maximum Gasteiger partial charge on any atom is 0.406 e. The molecule has 2 rings (SSSR count). The molecule has 0 unspecified atom stereocenters. The van der Waals surface area contributed by atoms with E-state index in [0.29, 0.717) is 0 Å². The van der Waals surface area contributed by atoms with Crippen LogP contribution in [-0.4, -0.2) is 21.4 Å². The number of alkyl halides is 3. The topological polar surface area (TPSA) is 88.9 Å². The molecule has 0 bridgehead atoms. The van der Waals surface area contributed by atoms with Gasteiger partial charge in [-0.2, -0.15) is 18.4 Å². The molecule has 0 spiro atoms. The number of carbonyl (C=O) groups excluding carboxylic acids is 1. The van der Waals surface area contributed by atoms with Crippen LogP contribution in [0.4, 0.5) is 18.9 Å². The van der Waals surface area contributed by atoms with Gasteiger partial charge in [-0.05, 0) is 31.6 Å². The molecule has 9 heteroatoms. The van der Waals surface area contributed by atoms with Gasteiger partial charge >= 0.3 is 6.18 Å². The van der Waals surface area contributed by atoms with E-state index in [2.05, 4.69) is 0 Å². The summed E-state index contributed by atoms with van der Waals surface area (Å²) in [5, 5.41) is 20.1. The highest BCUT2D eigenvalue weighted by Gasteiger charge is 2.30. The molecule has 0 amide bonds. The first kappa shape index (κ1) is 19.9. The van der Waals surface area contributed by atoms with Gasteiger partial charge in [-0.25, -0.2) is 0 Å². The van der Waals surface area contributed by atoms with Crippen LogP contribution in [0.5, 0.6) is 0 Å². The molecule has 0 aliphatic heterocycles. The van der Waals surface area contributed by atoms with E-state index < -0.39 is 23.4 Å². The minimum Gasteiger partial charge on any atom is -0.339 e. The number of carbonyl (C=O) groups is 1. The van der Waals surface area contributed by atoms with Crippen LogP contribution in [0.15, 0.2) is 35.9 Å². The highest BCUT2D eigenvalue weighted by atomic mass is 19.4. The fraction of sp³-hybridized carbons (Fsp3) is 0.222. The summed E-state index contributed by atoms with van der Waals surface area (Å²) < 4.78 is 39.1. The lowest BCUT2D eigenvalue weighted by molar-refractivity contribution is -0.384. The van der Waals surface area contributed by atoms with Crippen molar-refractivity contribution < 1.29 is 22.9 Å². The van der Waals surface area contributed by atoms with Gasteiger partial charge in [0.05, 0.1) is 4.92 Å². The predicted molar refractivity (Wildman–Crippen MR) is 91.0 cm³/mol. The standard InChI is InChI=1S/C18H14F3N3O3/c1-11-6-16(12(2)23(11)10-18(19,20)21)17(25)14(9-22)7-13-4-3-5-15(8-13)24(26)27/h3-8H,10H2,1-2H3/b14-7+. The van der Waals surface area contributed by atoms with Gasteiger partial charge in [0, 0.05) is 29.1 Å². The number of non-ortho nitro benzene ring substituents is 1. The number of Topliss-reactive ketones (excluding diaryl/α,β-unsaturated/α-hetero) is 1. The van der Waals surface area contributed by atoms with E-state index in [4.69, 9.17) is 0 Å². The summed E-state index contributed by atoms with van der Waals surface area (Å²) in [7, 11) is 0. The average Bonchev–Trinajstić information content (AvgIpc) is 2.86. The summed E-state index contributed by atoms with van der Waals surface area (Å²) in [5.74, 6) is -0.745. The molecule has 1 aromatic heterocycles. The van der Waals surface area contributed by atoms with Crippen molar-refractivity contribution in [3.8, 4) is 6.07 Å². The number of nitro groups is 1. The summed E-state index contributed by atoms with van der Waals surface area (Å²) in [6, 6.07) is 8.34. The third-order valence-corrected chi connectivity index (χ3v) is 3.91. The van der Waals surface area contributed by atoms with E-state index in [1.54, 1.807) is 6.07 Å². The first-order chi connectivity index (χ1) is 12.5. The number of allylic oxidation sites excluding steroid dienone is 1. The Morgan fingerprint density at radius 3 is 2.56 bits per heavy atom. The Hall–Kier alpha value is -3.41. The van der Waals surface area contributed by atoms with Crippen LogP contribution in [0.2, 0.25) is 0 Å². The average molecular weight is 377 g/mol. The molecule has 1 heterocycles. The number of rotatable bonds is 5. The van der Waals surface area contributed by atoms with Crippen LogP contribution in [0.3, 0.4) is 0 Å². The summed E-state index contributed by atoms with van der Waals surface area (Å²) in [4.78, 5) is 22.8. The van der Waals surface area contributed by atoms with Crippen molar-refractivity contribution in [1.82, 2.24) is 4.57 Å². The van der Waals surface area contributed by atoms with E-state index in [1.807, 2.05) is 0 Å². The number of ketones is 1. The summed E-state index contributed by atoms with van der Waals surface area (Å²) in [5.41, 5.74) is 0.0311. The molecule has 140 valence electrons. The monoisotopic (exact) mass is 377 g/mol. The van der Waals surface area contributed by atoms with Crippen LogP contribution in [0, 0.1) is 35.3 Å². The molecule has 0 saturated heterocycles. The molecule has 0 aliphatic carbocycles. The van der Waals surface area contributed by atoms with Crippen LogP contribution in [0.25, 0.3) is 6.08 Å². The van der Waals surface area contributed by atoms with Gasteiger partial charge in [0.15, 0.2) is 0 Å². The normalized spacial score (nSPS) is 11.9. The summed E-state index contributed by atoms with van der Waals surface area (Å²) in [6.45, 7) is 1.56. The van der Waals surface area contributed by atoms with Crippen LogP contribution >= 0.6 is 0 Å². The number of nitrogens with zero attached hydrogens (tertiary/aromatic N) is 3. The molecule has 1 aromatic carbocycles. The smallest absolute Gasteiger partial charge is 0.339 e. The Morgan fingerprint density at radius 1 is 1.33 bits per heavy atom. The Balaban J connectivity index is 2.44. The molecule has 0 saturated carbocycles. The largest absolute Gasteiger partial charge is 0.406 e. The SMILES string of the molecule is Cc1cc(C(=O)/C(C#N)=C/c2cccc([N+](=O)[O-])c2)c(C)n1CC(F)(F)F. The maximum atomic E-state index is 12.7. The van der Waals surface area contributed by atoms with Crippen molar-refractivity contribution >= 4 is 17.5 Å².